The quantitative estimate of drug-likeness (QED) is 0.00948. The third kappa shape index (κ3) is 27.2. The van der Waals surface area contributed by atoms with Crippen molar-refractivity contribution in [3.8, 4) is 0 Å². The Bertz CT molecular complexity index is 2970. The van der Waals surface area contributed by atoms with Gasteiger partial charge in [-0.15, -0.1) is 0 Å². The molecular weight excluding hydrogens is 1190 g/mol. The average Bonchev–Trinajstić information content (AvgIpc) is 2.12. The number of hydrogen-bond donors (Lipinski definition) is 16. The van der Waals surface area contributed by atoms with Gasteiger partial charge >= 0.3 is 0 Å². The lowest BCUT2D eigenvalue weighted by molar-refractivity contribution is -0.140. The van der Waals surface area contributed by atoms with Gasteiger partial charge in [-0.25, -0.2) is 0 Å². The molecule has 3 aromatic rings. The number of para-hydroxylation sites is 1. The predicted molar refractivity (Wildman–Crippen MR) is 350 cm³/mol. The van der Waals surface area contributed by atoms with Crippen molar-refractivity contribution in [1.82, 2.24) is 58.3 Å². The Kier molecular flexibility index (Phi) is 32.9. The zero-order chi connectivity index (χ0) is 68.2. The van der Waals surface area contributed by atoms with Crippen molar-refractivity contribution in [2.75, 3.05) is 18.8 Å². The number of amides is 9. The summed E-state index contributed by atoms with van der Waals surface area (Å²) < 4.78 is 0. The second-order valence-electron chi connectivity index (χ2n) is 25.1. The fourth-order valence-corrected chi connectivity index (χ4v) is 10.2. The lowest BCUT2D eigenvalue weighted by Gasteiger charge is -2.28. The summed E-state index contributed by atoms with van der Waals surface area (Å²) in [6, 6.07) is 3.11. The van der Waals surface area contributed by atoms with Crippen LogP contribution in [-0.2, 0) is 60.9 Å². The van der Waals surface area contributed by atoms with Crippen LogP contribution in [0.5, 0.6) is 0 Å². The van der Waals surface area contributed by atoms with Gasteiger partial charge in [-0.3, -0.25) is 57.7 Å². The van der Waals surface area contributed by atoms with Crippen LogP contribution in [0.25, 0.3) is 10.9 Å². The van der Waals surface area contributed by atoms with Crippen LogP contribution in [-0.4, -0.2) is 154 Å². The van der Waals surface area contributed by atoms with E-state index in [9.17, 15) is 57.9 Å². The number of nitrogens with one attached hydrogen (secondary N) is 11. The first-order chi connectivity index (χ1) is 42.8. The van der Waals surface area contributed by atoms with E-state index in [1.807, 2.05) is 92.9 Å². The fourth-order valence-electron chi connectivity index (χ4n) is 9.90. The van der Waals surface area contributed by atoms with E-state index in [0.29, 0.717) is 17.5 Å². The number of rotatable bonds is 41. The number of hydroxylamine groups is 1. The molecule has 0 saturated heterocycles. The lowest BCUT2D eigenvalue weighted by Crippen LogP contribution is -2.59. The van der Waals surface area contributed by atoms with Gasteiger partial charge in [-0.2, -0.15) is 18.1 Å². The van der Waals surface area contributed by atoms with E-state index in [0.717, 1.165) is 10.9 Å². The molecule has 18 N–H and O–H groups in total. The molecule has 0 aliphatic carbocycles. The Hall–Kier alpha value is -7.95. The zero-order valence-electron chi connectivity index (χ0n) is 54.3. The van der Waals surface area contributed by atoms with Gasteiger partial charge in [0.05, 0.1) is 18.6 Å². The Balaban J connectivity index is 1.83. The Morgan fingerprint density at radius 2 is 1.01 bits per heavy atom. The molecule has 91 heavy (non-hydrogen) atoms. The van der Waals surface area contributed by atoms with Crippen LogP contribution in [0.1, 0.15) is 143 Å². The molecule has 27 nitrogen and oxygen atoms in total. The molecule has 2 aromatic carbocycles. The molecule has 0 aliphatic rings. The van der Waals surface area contributed by atoms with Crippen LogP contribution < -0.4 is 70.5 Å². The van der Waals surface area contributed by atoms with Gasteiger partial charge < -0.3 is 75.2 Å². The number of aliphatic imine (C=N–C) groups is 1. The van der Waals surface area contributed by atoms with Crippen molar-refractivity contribution in [3.63, 3.8) is 0 Å². The number of carbonyl (C=O) groups is 11. The van der Waals surface area contributed by atoms with Crippen LogP contribution in [0.3, 0.4) is 0 Å². The second kappa shape index (κ2) is 38.7. The lowest BCUT2D eigenvalue weighted by atomic mass is 9.94. The molecule has 1 aromatic heterocycles. The molecule has 9 atom stereocenters. The number of aromatic nitrogens is 1. The minimum absolute atomic E-state index is 0.00668. The summed E-state index contributed by atoms with van der Waals surface area (Å²) in [6.45, 7) is 19.4. The first-order valence-corrected chi connectivity index (χ1v) is 31.7. The molecule has 504 valence electrons. The summed E-state index contributed by atoms with van der Waals surface area (Å²) in [5.41, 5.74) is 20.7. The third-order valence-electron chi connectivity index (χ3n) is 14.6. The molecule has 0 aliphatic heterocycles. The van der Waals surface area contributed by atoms with E-state index in [1.165, 1.54) is 19.1 Å². The topological polar surface area (TPSA) is 435 Å². The monoisotopic (exact) mass is 1290 g/mol. The van der Waals surface area contributed by atoms with Crippen molar-refractivity contribution in [1.29, 1.82) is 0 Å². The van der Waals surface area contributed by atoms with Crippen LogP contribution >= 0.6 is 12.6 Å². The number of thiol groups is 1. The number of nitrogens with zero attached hydrogens (tertiary/aromatic N) is 1. The Morgan fingerprint density at radius 1 is 0.538 bits per heavy atom. The molecule has 4 unspecified atom stereocenters. The number of guanidine groups is 1. The highest BCUT2D eigenvalue weighted by molar-refractivity contribution is 7.80. The molecule has 3 rings (SSSR count). The molecule has 0 spiro atoms. The highest BCUT2D eigenvalue weighted by Crippen LogP contribution is 2.21. The maximum atomic E-state index is 14.6. The number of ketones is 2. The minimum Gasteiger partial charge on any atom is -0.370 e. The molecule has 0 fully saturated rings. The Labute approximate surface area is 538 Å². The zero-order valence-corrected chi connectivity index (χ0v) is 55.2. The highest BCUT2D eigenvalue weighted by atomic mass is 32.1. The number of Topliss-reactive ketones (excluding diaryl/α,β-unsaturated/α-hetero) is 2. The number of primary amides is 1. The smallest absolute Gasteiger partial charge is 0.251 e. The SMILES string of the molecule is CC(C)CC(NO)C(=O)N[C@@H](CC(C)C)C(=O)NC(C)C(=O)N[C@@H](CC(C)C)C(=O)NC(CC(C)C)C(=O)N[C@@H](CC(C)C)C(=O)NCC(=O)N[C@@H](Cc1c[nH]c2ccccc12)C(=O)C(=O)[C@H](CCCN=C(N)N)NCc1ccc(C(=O)NC(CS)C(N)=O)cc1. The molecule has 0 saturated carbocycles. The van der Waals surface area contributed by atoms with Crippen molar-refractivity contribution in [3.05, 3.63) is 71.4 Å². The summed E-state index contributed by atoms with van der Waals surface area (Å²) >= 11 is 4.07. The van der Waals surface area contributed by atoms with Crippen molar-refractivity contribution in [2.45, 2.75) is 188 Å². The van der Waals surface area contributed by atoms with Gasteiger partial charge in [0, 0.05) is 47.9 Å². The first kappa shape index (κ1) is 77.3. The van der Waals surface area contributed by atoms with E-state index in [1.54, 1.807) is 24.4 Å². The highest BCUT2D eigenvalue weighted by Gasteiger charge is 2.36. The summed E-state index contributed by atoms with van der Waals surface area (Å²) in [5.74, 6) is -8.78. The van der Waals surface area contributed by atoms with Crippen LogP contribution in [0.15, 0.2) is 59.7 Å². The molecule has 28 heteroatoms. The van der Waals surface area contributed by atoms with E-state index >= 15 is 0 Å². The molecule has 9 amide bonds. The number of aromatic amines is 1. The third-order valence-corrected chi connectivity index (χ3v) is 14.9. The number of H-pyrrole nitrogens is 1. The maximum Gasteiger partial charge on any atom is 0.251 e. The molecule has 0 radical (unpaired) electrons. The van der Waals surface area contributed by atoms with Gasteiger partial charge in [0.25, 0.3) is 5.91 Å². The van der Waals surface area contributed by atoms with Crippen LogP contribution in [0, 0.1) is 29.6 Å². The van der Waals surface area contributed by atoms with Crippen molar-refractivity contribution >= 4 is 94.2 Å². The largest absolute Gasteiger partial charge is 0.370 e. The first-order valence-electron chi connectivity index (χ1n) is 31.0. The van der Waals surface area contributed by atoms with Crippen molar-refractivity contribution < 1.29 is 57.9 Å². The van der Waals surface area contributed by atoms with Crippen molar-refractivity contribution in [2.24, 2.45) is 51.8 Å². The molecule has 0 bridgehead atoms. The van der Waals surface area contributed by atoms with Crippen LogP contribution in [0.4, 0.5) is 0 Å². The van der Waals surface area contributed by atoms with Gasteiger partial charge in [0.1, 0.15) is 42.3 Å². The summed E-state index contributed by atoms with van der Waals surface area (Å²) in [4.78, 5) is 158. The van der Waals surface area contributed by atoms with E-state index in [4.69, 9.17) is 17.2 Å². The number of fused-ring (bicyclic) bond motifs is 1. The second-order valence-corrected chi connectivity index (χ2v) is 25.5. The number of nitrogens with two attached hydrogens (primary N) is 3. The summed E-state index contributed by atoms with van der Waals surface area (Å²) in [7, 11) is 0. The number of carbonyl (C=O) groups excluding carboxylic acids is 11. The predicted octanol–water partition coefficient (Wildman–Crippen LogP) is 1.20. The van der Waals surface area contributed by atoms with E-state index in [2.05, 4.69) is 70.5 Å². The van der Waals surface area contributed by atoms with E-state index in [-0.39, 0.29) is 105 Å². The summed E-state index contributed by atoms with van der Waals surface area (Å²) in [5, 5.41) is 34.8. The number of benzene rings is 2. The Morgan fingerprint density at radius 3 is 1.51 bits per heavy atom. The van der Waals surface area contributed by atoms with Gasteiger partial charge in [-0.05, 0) is 111 Å². The van der Waals surface area contributed by atoms with Crippen LogP contribution in [0.2, 0.25) is 0 Å². The minimum atomic E-state index is -1.45. The molecular formula is C63H99N15O12S. The van der Waals surface area contributed by atoms with E-state index < -0.39 is 126 Å². The average molecular weight is 1290 g/mol. The maximum absolute atomic E-state index is 14.6. The standard InChI is InChI=1S/C63H99N15O12S/c1-33(2)23-46(74-61(88)49(26-36(7)8)75-60(87)48(25-35(5)6)73-56(83)38(11)71-59(86)47(24-34(3)4)76-62(89)50(78-90)27-37(9)10)58(85)70-31-52(79)72-45(28-41-30-69-43-16-13-12-15-42(41)43)54(81)53(80)44(17-14-22-67-63(65)66)68-29-39-18-20-40(21-19-39)57(84)77-51(32-91)55(64)82/h12-13,15-16,18-21,30,33-38,44-51,68-69,78,90-91H,14,17,22-29,31-32H2,1-11H3,(H2,64,82)(H,70,85)(H,71,86)(H,72,79)(H,73,83)(H,74,88)(H,75,87)(H,76,89)(H,77,84)(H4,65,66,67)/t38?,44-,45-,46-,47-,48-,49?,50?,51?/m0/s1. The van der Waals surface area contributed by atoms with Gasteiger partial charge in [0.15, 0.2) is 5.96 Å². The molecule has 1 heterocycles. The van der Waals surface area contributed by atoms with Gasteiger partial charge in [-0.1, -0.05) is 99.6 Å². The normalized spacial score (nSPS) is 14.4. The fraction of sp³-hybridized carbons (Fsp3) is 0.587. The number of hydrogen-bond acceptors (Lipinski definition) is 16. The van der Waals surface area contributed by atoms with Gasteiger partial charge in [0.2, 0.25) is 58.8 Å². The summed E-state index contributed by atoms with van der Waals surface area (Å²) in [6.07, 6.45) is 2.72.